The normalized spacial score (nSPS) is 10.6. The molecule has 0 saturated carbocycles. The Balaban J connectivity index is 2.73. The van der Waals surface area contributed by atoms with E-state index in [-0.39, 0.29) is 12.2 Å². The number of fused-ring (bicyclic) bond motifs is 1. The number of aryl methyl sites for hydroxylation is 1. The van der Waals surface area contributed by atoms with Crippen molar-refractivity contribution in [2.75, 3.05) is 0 Å². The zero-order valence-electron chi connectivity index (χ0n) is 9.36. The Morgan fingerprint density at radius 2 is 2.06 bits per heavy atom. The zero-order chi connectivity index (χ0) is 11.7. The Hall–Kier alpha value is -1.90. The van der Waals surface area contributed by atoms with Crippen LogP contribution in [-0.2, 0) is 11.8 Å². The van der Waals surface area contributed by atoms with E-state index in [1.165, 1.54) is 0 Å². The standard InChI is InChI=1S/C13H13NO2/c1-9-13(12(16)7-8-15)10-5-3-4-6-11(10)14(9)2/h3-6,8H,7H2,1-2H3. The van der Waals surface area contributed by atoms with E-state index in [1.807, 2.05) is 42.8 Å². The fourth-order valence-electron chi connectivity index (χ4n) is 2.05. The largest absolute Gasteiger partial charge is 0.347 e. The molecule has 0 bridgehead atoms. The summed E-state index contributed by atoms with van der Waals surface area (Å²) in [5, 5.41) is 0.925. The number of benzene rings is 1. The van der Waals surface area contributed by atoms with Crippen LogP contribution >= 0.6 is 0 Å². The monoisotopic (exact) mass is 215 g/mol. The second-order valence-corrected chi connectivity index (χ2v) is 3.83. The van der Waals surface area contributed by atoms with Gasteiger partial charge in [0.2, 0.25) is 0 Å². The lowest BCUT2D eigenvalue weighted by molar-refractivity contribution is -0.107. The first-order chi connectivity index (χ1) is 7.66. The second kappa shape index (κ2) is 3.93. The zero-order valence-corrected chi connectivity index (χ0v) is 9.36. The van der Waals surface area contributed by atoms with Gasteiger partial charge in [-0.25, -0.2) is 0 Å². The first kappa shape index (κ1) is 10.6. The third kappa shape index (κ3) is 1.45. The van der Waals surface area contributed by atoms with Crippen LogP contribution in [0, 0.1) is 6.92 Å². The highest BCUT2D eigenvalue weighted by molar-refractivity contribution is 6.12. The van der Waals surface area contributed by atoms with Gasteiger partial charge in [-0.15, -0.1) is 0 Å². The Kier molecular flexibility index (Phi) is 2.60. The summed E-state index contributed by atoms with van der Waals surface area (Å²) in [6.45, 7) is 1.90. The van der Waals surface area contributed by atoms with Crippen LogP contribution in [0.5, 0.6) is 0 Å². The highest BCUT2D eigenvalue weighted by Crippen LogP contribution is 2.25. The van der Waals surface area contributed by atoms with E-state index in [0.717, 1.165) is 16.6 Å². The van der Waals surface area contributed by atoms with Crippen LogP contribution < -0.4 is 0 Å². The predicted molar refractivity (Wildman–Crippen MR) is 62.7 cm³/mol. The minimum atomic E-state index is -0.107. The van der Waals surface area contributed by atoms with Crippen LogP contribution in [-0.4, -0.2) is 16.6 Å². The number of carbonyl (C=O) groups excluding carboxylic acids is 2. The van der Waals surface area contributed by atoms with Crippen LogP contribution in [0.15, 0.2) is 24.3 Å². The van der Waals surface area contributed by atoms with Gasteiger partial charge in [-0.3, -0.25) is 4.79 Å². The number of carbonyl (C=O) groups is 2. The molecular weight excluding hydrogens is 202 g/mol. The molecule has 0 radical (unpaired) electrons. The summed E-state index contributed by atoms with van der Waals surface area (Å²) in [4.78, 5) is 22.3. The van der Waals surface area contributed by atoms with Crippen molar-refractivity contribution >= 4 is 23.0 Å². The molecule has 0 fully saturated rings. The third-order valence-electron chi connectivity index (χ3n) is 2.95. The van der Waals surface area contributed by atoms with E-state index >= 15 is 0 Å². The van der Waals surface area contributed by atoms with Crippen LogP contribution in [0.3, 0.4) is 0 Å². The topological polar surface area (TPSA) is 39.1 Å². The molecule has 2 rings (SSSR count). The van der Waals surface area contributed by atoms with Crippen LogP contribution in [0.25, 0.3) is 10.9 Å². The number of hydrogen-bond acceptors (Lipinski definition) is 2. The molecular formula is C13H13NO2. The molecule has 0 aliphatic rings. The molecule has 0 aliphatic carbocycles. The van der Waals surface area contributed by atoms with Gasteiger partial charge in [0.05, 0.1) is 6.42 Å². The van der Waals surface area contributed by atoms with Gasteiger partial charge in [-0.1, -0.05) is 18.2 Å². The van der Waals surface area contributed by atoms with Crippen molar-refractivity contribution in [2.45, 2.75) is 13.3 Å². The van der Waals surface area contributed by atoms with Gasteiger partial charge in [0.1, 0.15) is 6.29 Å². The van der Waals surface area contributed by atoms with Gasteiger partial charge in [0.25, 0.3) is 0 Å². The van der Waals surface area contributed by atoms with Gasteiger partial charge < -0.3 is 9.36 Å². The maximum absolute atomic E-state index is 11.8. The number of hydrogen-bond donors (Lipinski definition) is 0. The smallest absolute Gasteiger partial charge is 0.172 e. The third-order valence-corrected chi connectivity index (χ3v) is 2.95. The quantitative estimate of drug-likeness (QED) is 0.447. The molecule has 0 aliphatic heterocycles. The molecule has 16 heavy (non-hydrogen) atoms. The maximum Gasteiger partial charge on any atom is 0.172 e. The summed E-state index contributed by atoms with van der Waals surface area (Å²) in [5.41, 5.74) is 2.60. The predicted octanol–water partition coefficient (Wildman–Crippen LogP) is 2.26. The highest BCUT2D eigenvalue weighted by Gasteiger charge is 2.17. The molecule has 3 heteroatoms. The van der Waals surface area contributed by atoms with Crippen molar-refractivity contribution in [3.05, 3.63) is 35.5 Å². The number of aldehydes is 1. The Morgan fingerprint density at radius 3 is 2.75 bits per heavy atom. The van der Waals surface area contributed by atoms with Crippen molar-refractivity contribution in [1.29, 1.82) is 0 Å². The number of aromatic nitrogens is 1. The molecule has 82 valence electrons. The van der Waals surface area contributed by atoms with Crippen molar-refractivity contribution in [2.24, 2.45) is 7.05 Å². The fourth-order valence-corrected chi connectivity index (χ4v) is 2.05. The summed E-state index contributed by atoms with van der Waals surface area (Å²) in [6, 6.07) is 7.73. The molecule has 0 saturated heterocycles. The van der Waals surface area contributed by atoms with Gasteiger partial charge in [0.15, 0.2) is 5.78 Å². The molecule has 0 spiro atoms. The number of rotatable bonds is 3. The highest BCUT2D eigenvalue weighted by atomic mass is 16.1. The van der Waals surface area contributed by atoms with Crippen LogP contribution in [0.2, 0.25) is 0 Å². The SMILES string of the molecule is Cc1c(C(=O)CC=O)c2ccccc2n1C. The molecule has 0 atom stereocenters. The molecule has 1 aromatic carbocycles. The average Bonchev–Trinajstić information content (AvgIpc) is 2.53. The average molecular weight is 215 g/mol. The molecule has 3 nitrogen and oxygen atoms in total. The lowest BCUT2D eigenvalue weighted by Crippen LogP contribution is -2.02. The lowest BCUT2D eigenvalue weighted by Gasteiger charge is -1.98. The molecule has 0 amide bonds. The van der Waals surface area contributed by atoms with Crippen molar-refractivity contribution in [1.82, 2.24) is 4.57 Å². The van der Waals surface area contributed by atoms with Gasteiger partial charge in [-0.05, 0) is 13.0 Å². The number of nitrogens with zero attached hydrogens (tertiary/aromatic N) is 1. The van der Waals surface area contributed by atoms with Crippen LogP contribution in [0.1, 0.15) is 22.5 Å². The second-order valence-electron chi connectivity index (χ2n) is 3.83. The molecule has 1 aromatic heterocycles. The first-order valence-corrected chi connectivity index (χ1v) is 5.17. The van der Waals surface area contributed by atoms with Gasteiger partial charge in [0, 0.05) is 29.2 Å². The number of ketones is 1. The molecule has 1 heterocycles. The minimum absolute atomic E-state index is 0.0468. The van der Waals surface area contributed by atoms with Crippen LogP contribution in [0.4, 0.5) is 0 Å². The molecule has 0 N–H and O–H groups in total. The Bertz CT molecular complexity index is 567. The maximum atomic E-state index is 11.8. The summed E-state index contributed by atoms with van der Waals surface area (Å²) in [5.74, 6) is -0.107. The van der Waals surface area contributed by atoms with Gasteiger partial charge >= 0.3 is 0 Å². The van der Waals surface area contributed by atoms with E-state index in [2.05, 4.69) is 0 Å². The Labute approximate surface area is 93.7 Å². The molecule has 0 unspecified atom stereocenters. The van der Waals surface area contributed by atoms with E-state index in [0.29, 0.717) is 11.8 Å². The fraction of sp³-hybridized carbons (Fsp3) is 0.231. The summed E-state index contributed by atoms with van der Waals surface area (Å²) in [7, 11) is 1.93. The van der Waals surface area contributed by atoms with E-state index in [4.69, 9.17) is 0 Å². The first-order valence-electron chi connectivity index (χ1n) is 5.17. The minimum Gasteiger partial charge on any atom is -0.347 e. The number of Topliss-reactive ketones (excluding diaryl/α,β-unsaturated/α-hetero) is 1. The lowest BCUT2D eigenvalue weighted by atomic mass is 10.1. The van der Waals surface area contributed by atoms with Gasteiger partial charge in [-0.2, -0.15) is 0 Å². The summed E-state index contributed by atoms with van der Waals surface area (Å²) < 4.78 is 1.98. The van der Waals surface area contributed by atoms with E-state index in [1.54, 1.807) is 0 Å². The van der Waals surface area contributed by atoms with Crippen molar-refractivity contribution in [3.8, 4) is 0 Å². The summed E-state index contributed by atoms with van der Waals surface area (Å²) in [6.07, 6.45) is 0.610. The Morgan fingerprint density at radius 1 is 1.38 bits per heavy atom. The van der Waals surface area contributed by atoms with Crippen molar-refractivity contribution in [3.63, 3.8) is 0 Å². The molecule has 2 aromatic rings. The van der Waals surface area contributed by atoms with E-state index < -0.39 is 0 Å². The van der Waals surface area contributed by atoms with Crippen molar-refractivity contribution < 1.29 is 9.59 Å². The summed E-state index contributed by atoms with van der Waals surface area (Å²) >= 11 is 0. The van der Waals surface area contributed by atoms with E-state index in [9.17, 15) is 9.59 Å². The number of para-hydroxylation sites is 1.